The third-order valence-corrected chi connectivity index (χ3v) is 2.17. The Morgan fingerprint density at radius 2 is 2.50 bits per heavy atom. The summed E-state index contributed by atoms with van der Waals surface area (Å²) in [6, 6.07) is 0.399. The lowest BCUT2D eigenvalue weighted by Gasteiger charge is -2.10. The molecule has 0 radical (unpaired) electrons. The fourth-order valence-electron chi connectivity index (χ4n) is 0.977. The standard InChI is InChI=1S/C8H13BrN2O/c1-7(3-4-12-2)11-6-8(9)5-10-11/h5-7H,3-4H2,1-2H3. The van der Waals surface area contributed by atoms with Gasteiger partial charge in [-0.2, -0.15) is 5.10 Å². The summed E-state index contributed by atoms with van der Waals surface area (Å²) in [6.45, 7) is 2.90. The van der Waals surface area contributed by atoms with E-state index in [0.717, 1.165) is 17.5 Å². The van der Waals surface area contributed by atoms with Crippen LogP contribution in [-0.4, -0.2) is 23.5 Å². The van der Waals surface area contributed by atoms with Crippen LogP contribution in [0.2, 0.25) is 0 Å². The van der Waals surface area contributed by atoms with Crippen molar-refractivity contribution in [1.82, 2.24) is 9.78 Å². The maximum absolute atomic E-state index is 4.99. The fourth-order valence-corrected chi connectivity index (χ4v) is 1.28. The molecule has 0 bridgehead atoms. The van der Waals surface area contributed by atoms with Crippen molar-refractivity contribution in [2.75, 3.05) is 13.7 Å². The minimum Gasteiger partial charge on any atom is -0.385 e. The molecule has 1 rings (SSSR count). The number of halogens is 1. The van der Waals surface area contributed by atoms with E-state index in [9.17, 15) is 0 Å². The SMILES string of the molecule is COCCC(C)n1cc(Br)cn1. The molecule has 0 saturated carbocycles. The summed E-state index contributed by atoms with van der Waals surface area (Å²) < 4.78 is 7.94. The average molecular weight is 233 g/mol. The van der Waals surface area contributed by atoms with Gasteiger partial charge in [-0.05, 0) is 29.3 Å². The van der Waals surface area contributed by atoms with Crippen LogP contribution in [0.1, 0.15) is 19.4 Å². The summed E-state index contributed by atoms with van der Waals surface area (Å²) in [4.78, 5) is 0. The summed E-state index contributed by atoms with van der Waals surface area (Å²) in [5.74, 6) is 0. The van der Waals surface area contributed by atoms with E-state index in [2.05, 4.69) is 28.0 Å². The summed E-state index contributed by atoms with van der Waals surface area (Å²) in [5, 5.41) is 4.18. The molecule has 12 heavy (non-hydrogen) atoms. The van der Waals surface area contributed by atoms with Gasteiger partial charge in [-0.15, -0.1) is 0 Å². The van der Waals surface area contributed by atoms with Crippen LogP contribution < -0.4 is 0 Å². The van der Waals surface area contributed by atoms with E-state index in [4.69, 9.17) is 4.74 Å². The molecule has 1 atom stereocenters. The van der Waals surface area contributed by atoms with Gasteiger partial charge in [0.1, 0.15) is 0 Å². The molecule has 1 aromatic rings. The minimum atomic E-state index is 0.399. The third-order valence-electron chi connectivity index (χ3n) is 1.76. The van der Waals surface area contributed by atoms with Crippen molar-refractivity contribution >= 4 is 15.9 Å². The quantitative estimate of drug-likeness (QED) is 0.797. The third kappa shape index (κ3) is 2.60. The number of hydrogen-bond acceptors (Lipinski definition) is 2. The molecule has 0 fully saturated rings. The molecule has 0 aliphatic carbocycles. The van der Waals surface area contributed by atoms with Crippen molar-refractivity contribution in [3.8, 4) is 0 Å². The Morgan fingerprint density at radius 3 is 3.00 bits per heavy atom. The van der Waals surface area contributed by atoms with Crippen molar-refractivity contribution in [3.05, 3.63) is 16.9 Å². The predicted molar refractivity (Wildman–Crippen MR) is 51.1 cm³/mol. The Hall–Kier alpha value is -0.350. The Kier molecular flexibility index (Phi) is 3.75. The van der Waals surface area contributed by atoms with Crippen LogP contribution in [0.25, 0.3) is 0 Å². The number of rotatable bonds is 4. The van der Waals surface area contributed by atoms with Gasteiger partial charge in [-0.25, -0.2) is 0 Å². The molecule has 0 N–H and O–H groups in total. The van der Waals surface area contributed by atoms with Crippen molar-refractivity contribution in [2.45, 2.75) is 19.4 Å². The first kappa shape index (κ1) is 9.74. The summed E-state index contributed by atoms with van der Waals surface area (Å²) in [5.41, 5.74) is 0. The highest BCUT2D eigenvalue weighted by atomic mass is 79.9. The molecule has 0 spiro atoms. The Morgan fingerprint density at radius 1 is 1.75 bits per heavy atom. The molecular formula is C8H13BrN2O. The van der Waals surface area contributed by atoms with Gasteiger partial charge < -0.3 is 4.74 Å². The second-order valence-electron chi connectivity index (χ2n) is 2.77. The molecular weight excluding hydrogens is 220 g/mol. The lowest BCUT2D eigenvalue weighted by molar-refractivity contribution is 0.178. The highest BCUT2D eigenvalue weighted by molar-refractivity contribution is 9.10. The zero-order valence-corrected chi connectivity index (χ0v) is 8.91. The van der Waals surface area contributed by atoms with Gasteiger partial charge in [-0.3, -0.25) is 4.68 Å². The van der Waals surface area contributed by atoms with E-state index in [1.807, 2.05) is 10.9 Å². The van der Waals surface area contributed by atoms with Gasteiger partial charge >= 0.3 is 0 Å². The first-order valence-corrected chi connectivity index (χ1v) is 4.72. The van der Waals surface area contributed by atoms with E-state index in [0.29, 0.717) is 6.04 Å². The van der Waals surface area contributed by atoms with Crippen LogP contribution in [0.5, 0.6) is 0 Å². The maximum atomic E-state index is 4.99. The molecule has 4 heteroatoms. The Balaban J connectivity index is 2.47. The lowest BCUT2D eigenvalue weighted by atomic mass is 10.2. The zero-order chi connectivity index (χ0) is 8.97. The number of hydrogen-bond donors (Lipinski definition) is 0. The largest absolute Gasteiger partial charge is 0.385 e. The van der Waals surface area contributed by atoms with Gasteiger partial charge in [0.15, 0.2) is 0 Å². The molecule has 1 heterocycles. The van der Waals surface area contributed by atoms with E-state index >= 15 is 0 Å². The molecule has 0 saturated heterocycles. The fraction of sp³-hybridized carbons (Fsp3) is 0.625. The van der Waals surface area contributed by atoms with E-state index < -0.39 is 0 Å². The predicted octanol–water partition coefficient (Wildman–Crippen LogP) is 2.24. The van der Waals surface area contributed by atoms with Gasteiger partial charge in [0.2, 0.25) is 0 Å². The highest BCUT2D eigenvalue weighted by Crippen LogP contribution is 2.13. The maximum Gasteiger partial charge on any atom is 0.0632 e. The topological polar surface area (TPSA) is 27.1 Å². The molecule has 1 unspecified atom stereocenters. The molecule has 0 aliphatic rings. The van der Waals surface area contributed by atoms with Gasteiger partial charge in [-0.1, -0.05) is 0 Å². The number of aromatic nitrogens is 2. The van der Waals surface area contributed by atoms with Crippen molar-refractivity contribution < 1.29 is 4.74 Å². The van der Waals surface area contributed by atoms with Crippen LogP contribution >= 0.6 is 15.9 Å². The van der Waals surface area contributed by atoms with Gasteiger partial charge in [0.25, 0.3) is 0 Å². The van der Waals surface area contributed by atoms with E-state index in [1.165, 1.54) is 0 Å². The number of methoxy groups -OCH3 is 1. The molecule has 0 aromatic carbocycles. The highest BCUT2D eigenvalue weighted by Gasteiger charge is 2.04. The van der Waals surface area contributed by atoms with E-state index in [-0.39, 0.29) is 0 Å². The van der Waals surface area contributed by atoms with Crippen LogP contribution in [0.3, 0.4) is 0 Å². The Bertz CT molecular complexity index is 237. The number of ether oxygens (including phenoxy) is 1. The summed E-state index contributed by atoms with van der Waals surface area (Å²) in [6.07, 6.45) is 4.76. The number of nitrogens with zero attached hydrogens (tertiary/aromatic N) is 2. The normalized spacial score (nSPS) is 13.2. The smallest absolute Gasteiger partial charge is 0.0632 e. The van der Waals surface area contributed by atoms with Crippen molar-refractivity contribution in [1.29, 1.82) is 0 Å². The van der Waals surface area contributed by atoms with Crippen LogP contribution in [0.4, 0.5) is 0 Å². The second kappa shape index (κ2) is 4.62. The molecule has 1 aromatic heterocycles. The minimum absolute atomic E-state index is 0.399. The first-order chi connectivity index (χ1) is 5.74. The molecule has 68 valence electrons. The van der Waals surface area contributed by atoms with Crippen LogP contribution in [-0.2, 0) is 4.74 Å². The van der Waals surface area contributed by atoms with Crippen LogP contribution in [0, 0.1) is 0 Å². The van der Waals surface area contributed by atoms with Crippen LogP contribution in [0.15, 0.2) is 16.9 Å². The Labute approximate surface area is 80.8 Å². The van der Waals surface area contributed by atoms with E-state index in [1.54, 1.807) is 13.3 Å². The molecule has 0 aliphatic heterocycles. The van der Waals surface area contributed by atoms with Gasteiger partial charge in [0, 0.05) is 19.9 Å². The average Bonchev–Trinajstić information content (AvgIpc) is 2.47. The first-order valence-electron chi connectivity index (χ1n) is 3.92. The van der Waals surface area contributed by atoms with Crippen molar-refractivity contribution in [2.24, 2.45) is 0 Å². The molecule has 0 amide bonds. The molecule has 3 nitrogen and oxygen atoms in total. The summed E-state index contributed by atoms with van der Waals surface area (Å²) >= 11 is 3.35. The van der Waals surface area contributed by atoms with Gasteiger partial charge in [0.05, 0.1) is 16.7 Å². The summed E-state index contributed by atoms with van der Waals surface area (Å²) in [7, 11) is 1.71. The van der Waals surface area contributed by atoms with Crippen molar-refractivity contribution in [3.63, 3.8) is 0 Å². The zero-order valence-electron chi connectivity index (χ0n) is 7.33. The lowest BCUT2D eigenvalue weighted by Crippen LogP contribution is -2.07. The monoisotopic (exact) mass is 232 g/mol. The second-order valence-corrected chi connectivity index (χ2v) is 3.68.